The van der Waals surface area contributed by atoms with Gasteiger partial charge in [0.15, 0.2) is 0 Å². The van der Waals surface area contributed by atoms with Gasteiger partial charge in [0.05, 0.1) is 10.6 Å². The Balaban J connectivity index is 2.79. The molecule has 86 valence electrons. The van der Waals surface area contributed by atoms with Gasteiger partial charge in [-0.15, -0.1) is 0 Å². The quantitative estimate of drug-likeness (QED) is 0.482. The van der Waals surface area contributed by atoms with Gasteiger partial charge in [0, 0.05) is 17.8 Å². The van der Waals surface area contributed by atoms with Crippen LogP contribution in [0.1, 0.15) is 20.8 Å². The van der Waals surface area contributed by atoms with Crippen LogP contribution in [0.25, 0.3) is 0 Å². The molecule has 1 N–H and O–H groups in total. The first-order valence-corrected chi connectivity index (χ1v) is 5.05. The van der Waals surface area contributed by atoms with E-state index in [4.69, 9.17) is 0 Å². The molecule has 0 aromatic heterocycles. The third kappa shape index (κ3) is 3.34. The number of nitrogens with zero attached hydrogens (tertiary/aromatic N) is 2. The molecule has 1 aromatic carbocycles. The van der Waals surface area contributed by atoms with Crippen molar-refractivity contribution in [3.63, 3.8) is 0 Å². The number of benzene rings is 1. The van der Waals surface area contributed by atoms with E-state index in [1.807, 2.05) is 20.8 Å². The SMILES string of the molecule is C/C(=N/Nc1cccc([N+](=O)[O-])c1)C(C)C. The van der Waals surface area contributed by atoms with Gasteiger partial charge in [-0.2, -0.15) is 5.10 Å². The fourth-order valence-electron chi connectivity index (χ4n) is 0.971. The van der Waals surface area contributed by atoms with Crippen molar-refractivity contribution in [2.24, 2.45) is 11.0 Å². The Morgan fingerprint density at radius 1 is 1.50 bits per heavy atom. The molecule has 0 unspecified atom stereocenters. The molecule has 0 radical (unpaired) electrons. The number of nitro groups is 1. The first-order chi connectivity index (χ1) is 7.50. The van der Waals surface area contributed by atoms with Crippen LogP contribution in [-0.4, -0.2) is 10.6 Å². The minimum atomic E-state index is -0.426. The second-order valence-corrected chi connectivity index (χ2v) is 3.83. The maximum atomic E-state index is 10.5. The Bertz CT molecular complexity index is 413. The van der Waals surface area contributed by atoms with Crippen molar-refractivity contribution >= 4 is 17.1 Å². The molecule has 0 aliphatic rings. The Hall–Kier alpha value is -1.91. The van der Waals surface area contributed by atoms with Crippen LogP contribution < -0.4 is 5.43 Å². The van der Waals surface area contributed by atoms with Gasteiger partial charge in [-0.3, -0.25) is 15.5 Å². The topological polar surface area (TPSA) is 67.5 Å². The van der Waals surface area contributed by atoms with E-state index in [1.54, 1.807) is 12.1 Å². The van der Waals surface area contributed by atoms with Gasteiger partial charge in [0.2, 0.25) is 0 Å². The summed E-state index contributed by atoms with van der Waals surface area (Å²) in [6.07, 6.45) is 0. The number of non-ortho nitro benzene ring substituents is 1. The molecule has 0 aliphatic heterocycles. The van der Waals surface area contributed by atoms with E-state index >= 15 is 0 Å². The van der Waals surface area contributed by atoms with E-state index in [0.29, 0.717) is 11.6 Å². The lowest BCUT2D eigenvalue weighted by Crippen LogP contribution is -2.05. The van der Waals surface area contributed by atoms with Gasteiger partial charge in [-0.05, 0) is 18.9 Å². The van der Waals surface area contributed by atoms with E-state index < -0.39 is 4.92 Å². The molecule has 0 aliphatic carbocycles. The average Bonchev–Trinajstić information content (AvgIpc) is 2.26. The highest BCUT2D eigenvalue weighted by Gasteiger charge is 2.05. The molecule has 1 rings (SSSR count). The zero-order valence-corrected chi connectivity index (χ0v) is 9.60. The normalized spacial score (nSPS) is 11.6. The highest BCUT2D eigenvalue weighted by atomic mass is 16.6. The van der Waals surface area contributed by atoms with Gasteiger partial charge in [-0.1, -0.05) is 19.9 Å². The van der Waals surface area contributed by atoms with Gasteiger partial charge >= 0.3 is 0 Å². The summed E-state index contributed by atoms with van der Waals surface area (Å²) in [6, 6.07) is 6.27. The molecule has 0 saturated carbocycles. The van der Waals surface area contributed by atoms with Gasteiger partial charge < -0.3 is 0 Å². The third-order valence-electron chi connectivity index (χ3n) is 2.25. The summed E-state index contributed by atoms with van der Waals surface area (Å²) < 4.78 is 0. The number of anilines is 1. The van der Waals surface area contributed by atoms with Crippen LogP contribution in [0, 0.1) is 16.0 Å². The summed E-state index contributed by atoms with van der Waals surface area (Å²) in [5.74, 6) is 0.353. The monoisotopic (exact) mass is 221 g/mol. The van der Waals surface area contributed by atoms with E-state index in [0.717, 1.165) is 5.71 Å². The maximum Gasteiger partial charge on any atom is 0.271 e. The zero-order valence-electron chi connectivity index (χ0n) is 9.60. The molecule has 0 amide bonds. The fraction of sp³-hybridized carbons (Fsp3) is 0.364. The second-order valence-electron chi connectivity index (χ2n) is 3.83. The lowest BCUT2D eigenvalue weighted by molar-refractivity contribution is -0.384. The molecule has 0 bridgehead atoms. The van der Waals surface area contributed by atoms with Crippen LogP contribution in [0.4, 0.5) is 11.4 Å². The zero-order chi connectivity index (χ0) is 12.1. The van der Waals surface area contributed by atoms with Crippen molar-refractivity contribution in [3.05, 3.63) is 34.4 Å². The summed E-state index contributed by atoms with van der Waals surface area (Å²) in [4.78, 5) is 10.1. The van der Waals surface area contributed by atoms with Gasteiger partial charge in [-0.25, -0.2) is 0 Å². The Kier molecular flexibility index (Phi) is 3.99. The summed E-state index contributed by atoms with van der Waals surface area (Å²) in [5, 5.41) is 14.7. The van der Waals surface area contributed by atoms with E-state index in [-0.39, 0.29) is 5.69 Å². The first-order valence-electron chi connectivity index (χ1n) is 5.05. The van der Waals surface area contributed by atoms with Crippen molar-refractivity contribution in [1.29, 1.82) is 0 Å². The summed E-state index contributed by atoms with van der Waals surface area (Å²) in [7, 11) is 0. The van der Waals surface area contributed by atoms with Crippen LogP contribution in [0.15, 0.2) is 29.4 Å². The third-order valence-corrected chi connectivity index (χ3v) is 2.25. The van der Waals surface area contributed by atoms with Crippen molar-refractivity contribution in [3.8, 4) is 0 Å². The molecule has 0 saturated heterocycles. The van der Waals surface area contributed by atoms with E-state index in [9.17, 15) is 10.1 Å². The number of hydrogen-bond acceptors (Lipinski definition) is 4. The van der Waals surface area contributed by atoms with E-state index in [1.165, 1.54) is 12.1 Å². The predicted octanol–water partition coefficient (Wildman–Crippen LogP) is 3.04. The van der Waals surface area contributed by atoms with Crippen molar-refractivity contribution < 1.29 is 4.92 Å². The molecule has 0 heterocycles. The lowest BCUT2D eigenvalue weighted by Gasteiger charge is -2.05. The Morgan fingerprint density at radius 3 is 2.75 bits per heavy atom. The lowest BCUT2D eigenvalue weighted by atomic mass is 10.1. The number of hydrogen-bond donors (Lipinski definition) is 1. The minimum absolute atomic E-state index is 0.0578. The van der Waals surface area contributed by atoms with Gasteiger partial charge in [0.1, 0.15) is 0 Å². The molecule has 0 spiro atoms. The van der Waals surface area contributed by atoms with Crippen molar-refractivity contribution in [2.45, 2.75) is 20.8 Å². The highest BCUT2D eigenvalue weighted by molar-refractivity contribution is 5.84. The maximum absolute atomic E-state index is 10.5. The largest absolute Gasteiger partial charge is 0.278 e. The Labute approximate surface area is 94.3 Å². The predicted molar refractivity (Wildman–Crippen MR) is 64.7 cm³/mol. The summed E-state index contributed by atoms with van der Waals surface area (Å²) in [6.45, 7) is 5.98. The fourth-order valence-corrected chi connectivity index (χ4v) is 0.971. The van der Waals surface area contributed by atoms with E-state index in [2.05, 4.69) is 10.5 Å². The van der Waals surface area contributed by atoms with Crippen LogP contribution in [0.5, 0.6) is 0 Å². The van der Waals surface area contributed by atoms with Crippen LogP contribution in [0.3, 0.4) is 0 Å². The highest BCUT2D eigenvalue weighted by Crippen LogP contribution is 2.17. The average molecular weight is 221 g/mol. The van der Waals surface area contributed by atoms with Crippen LogP contribution in [0.2, 0.25) is 0 Å². The van der Waals surface area contributed by atoms with Crippen LogP contribution >= 0.6 is 0 Å². The smallest absolute Gasteiger partial charge is 0.271 e. The Morgan fingerprint density at radius 2 is 2.19 bits per heavy atom. The molecule has 0 fully saturated rings. The van der Waals surface area contributed by atoms with Crippen LogP contribution in [-0.2, 0) is 0 Å². The summed E-state index contributed by atoms with van der Waals surface area (Å²) >= 11 is 0. The minimum Gasteiger partial charge on any atom is -0.278 e. The molecule has 16 heavy (non-hydrogen) atoms. The van der Waals surface area contributed by atoms with Crippen molar-refractivity contribution in [2.75, 3.05) is 5.43 Å². The molecular formula is C11H15N3O2. The number of nitro benzene ring substituents is 1. The second kappa shape index (κ2) is 5.25. The number of hydrazone groups is 1. The number of rotatable bonds is 4. The number of nitrogens with one attached hydrogen (secondary N) is 1. The molecular weight excluding hydrogens is 206 g/mol. The molecule has 1 aromatic rings. The molecule has 0 atom stereocenters. The molecule has 5 nitrogen and oxygen atoms in total. The molecule has 5 heteroatoms. The first kappa shape index (κ1) is 12.2. The van der Waals surface area contributed by atoms with Gasteiger partial charge in [0.25, 0.3) is 5.69 Å². The standard InChI is InChI=1S/C11H15N3O2/c1-8(2)9(3)12-13-10-5-4-6-11(7-10)14(15)16/h4-8,13H,1-3H3/b12-9-. The van der Waals surface area contributed by atoms with Crippen molar-refractivity contribution in [1.82, 2.24) is 0 Å². The summed E-state index contributed by atoms with van der Waals surface area (Å²) in [5.41, 5.74) is 4.43.